The molecule has 0 amide bonds. The average Bonchev–Trinajstić information content (AvgIpc) is 3.38. The lowest BCUT2D eigenvalue weighted by molar-refractivity contribution is -0.138. The van der Waals surface area contributed by atoms with Crippen LogP contribution in [0, 0.1) is 3.57 Å². The van der Waals surface area contributed by atoms with Crippen LogP contribution < -0.4 is 24.4 Å². The van der Waals surface area contributed by atoms with Gasteiger partial charge in [0, 0.05) is 10.0 Å². The maximum Gasteiger partial charge on any atom is 0.338 e. The van der Waals surface area contributed by atoms with Crippen molar-refractivity contribution in [1.82, 2.24) is 4.57 Å². The highest BCUT2D eigenvalue weighted by Gasteiger charge is 2.35. The van der Waals surface area contributed by atoms with Crippen molar-refractivity contribution in [2.45, 2.75) is 19.6 Å². The number of rotatable bonds is 9. The van der Waals surface area contributed by atoms with Gasteiger partial charge in [-0.15, -0.1) is 0 Å². The fourth-order valence-corrected chi connectivity index (χ4v) is 7.29. The van der Waals surface area contributed by atoms with Crippen LogP contribution in [0.15, 0.2) is 117 Å². The van der Waals surface area contributed by atoms with Gasteiger partial charge in [0.25, 0.3) is 5.56 Å². The van der Waals surface area contributed by atoms with Gasteiger partial charge in [0.05, 0.1) is 39.1 Å². The maximum absolute atomic E-state index is 14.2. The molecule has 0 radical (unpaired) electrons. The monoisotopic (exact) mass is 806 g/mol. The molecule has 0 bridgehead atoms. The third-order valence-electron chi connectivity index (χ3n) is 7.33. The quantitative estimate of drug-likeness (QED) is 0.120. The lowest BCUT2D eigenvalue weighted by Crippen LogP contribution is -2.40. The number of fused-ring (bicyclic) bond motifs is 1. The van der Waals surface area contributed by atoms with E-state index in [4.69, 9.17) is 19.2 Å². The molecule has 1 aromatic heterocycles. The van der Waals surface area contributed by atoms with E-state index in [0.717, 1.165) is 30.3 Å². The number of carbonyl (C=O) groups is 1. The fraction of sp³-hybridized carbons (Fsp3) is 0.139. The van der Waals surface area contributed by atoms with Crippen LogP contribution in [0.5, 0.6) is 11.5 Å². The minimum Gasteiger partial charge on any atom is -0.493 e. The first-order valence-electron chi connectivity index (χ1n) is 14.5. The number of carbonyl (C=O) groups excluding carboxylic acids is 1. The summed E-state index contributed by atoms with van der Waals surface area (Å²) < 4.78 is 21.3. The van der Waals surface area contributed by atoms with E-state index in [1.807, 2.05) is 103 Å². The Kier molecular flexibility index (Phi) is 9.86. The summed E-state index contributed by atoms with van der Waals surface area (Å²) in [5.41, 5.74) is 3.90. The molecule has 0 spiro atoms. The number of esters is 1. The van der Waals surface area contributed by atoms with Crippen LogP contribution in [0.25, 0.3) is 11.8 Å². The van der Waals surface area contributed by atoms with Crippen molar-refractivity contribution in [3.63, 3.8) is 0 Å². The van der Waals surface area contributed by atoms with Gasteiger partial charge in [0.15, 0.2) is 16.3 Å². The first-order chi connectivity index (χ1) is 22.4. The molecule has 0 unspecified atom stereocenters. The minimum atomic E-state index is -0.724. The van der Waals surface area contributed by atoms with Gasteiger partial charge in [0.2, 0.25) is 0 Å². The Morgan fingerprint density at radius 3 is 2.39 bits per heavy atom. The molecular weight excluding hydrogens is 779 g/mol. The number of ether oxygens (including phenoxy) is 3. The normalized spacial score (nSPS) is 14.4. The van der Waals surface area contributed by atoms with Gasteiger partial charge in [0.1, 0.15) is 6.61 Å². The number of hydrogen-bond acceptors (Lipinski definition) is 7. The predicted octanol–water partition coefficient (Wildman–Crippen LogP) is 6.89. The second-order valence-corrected chi connectivity index (χ2v) is 13.4. The molecule has 1 aliphatic rings. The van der Waals surface area contributed by atoms with E-state index in [-0.39, 0.29) is 12.2 Å². The van der Waals surface area contributed by atoms with Crippen LogP contribution in [-0.2, 0) is 16.1 Å². The average molecular weight is 808 g/mol. The molecule has 46 heavy (non-hydrogen) atoms. The molecule has 1 aliphatic heterocycles. The van der Waals surface area contributed by atoms with E-state index < -0.39 is 12.0 Å². The van der Waals surface area contributed by atoms with Gasteiger partial charge in [-0.3, -0.25) is 9.36 Å². The summed E-state index contributed by atoms with van der Waals surface area (Å²) in [6.45, 7) is 2.34. The smallest absolute Gasteiger partial charge is 0.338 e. The molecule has 0 N–H and O–H groups in total. The van der Waals surface area contributed by atoms with Crippen LogP contribution in [0.3, 0.4) is 0 Å². The van der Waals surface area contributed by atoms with E-state index in [2.05, 4.69) is 38.5 Å². The first-order valence-corrected chi connectivity index (χ1v) is 17.1. The zero-order chi connectivity index (χ0) is 32.2. The zero-order valence-corrected chi connectivity index (χ0v) is 29.5. The molecule has 6 rings (SSSR count). The number of benzene rings is 4. The van der Waals surface area contributed by atoms with Crippen LogP contribution in [0.1, 0.15) is 35.2 Å². The Labute approximate surface area is 291 Å². The number of aromatic nitrogens is 1. The number of hydrogen-bond donors (Lipinski definition) is 0. The Morgan fingerprint density at radius 1 is 1.02 bits per heavy atom. The highest BCUT2D eigenvalue weighted by Crippen LogP contribution is 2.36. The van der Waals surface area contributed by atoms with Crippen molar-refractivity contribution in [3.8, 4) is 11.5 Å². The summed E-state index contributed by atoms with van der Waals surface area (Å²) in [6.07, 6.45) is 1.82. The zero-order valence-electron chi connectivity index (χ0n) is 24.9. The molecule has 0 fully saturated rings. The van der Waals surface area contributed by atoms with Crippen molar-refractivity contribution >= 4 is 67.6 Å². The SMILES string of the molecule is CCOC(=O)C1=C(c2ccccc2)N=c2s/c(=C\c3cc(I)c(OCc4ccc(Br)cc4)c(OC)c3)c(=O)n2[C@H]1c1ccccc1. The maximum atomic E-state index is 14.2. The molecular formula is C36H28BrIN2O5S. The summed E-state index contributed by atoms with van der Waals surface area (Å²) in [6, 6.07) is 30.0. The molecule has 0 saturated heterocycles. The van der Waals surface area contributed by atoms with Crippen LogP contribution in [0.2, 0.25) is 0 Å². The minimum absolute atomic E-state index is 0.194. The lowest BCUT2D eigenvalue weighted by atomic mass is 9.93. The van der Waals surface area contributed by atoms with Crippen molar-refractivity contribution in [2.75, 3.05) is 13.7 Å². The highest BCUT2D eigenvalue weighted by atomic mass is 127. The van der Waals surface area contributed by atoms with Gasteiger partial charge in [-0.05, 0) is 76.5 Å². The van der Waals surface area contributed by atoms with Gasteiger partial charge < -0.3 is 14.2 Å². The van der Waals surface area contributed by atoms with E-state index >= 15 is 0 Å². The van der Waals surface area contributed by atoms with Crippen molar-refractivity contribution < 1.29 is 19.0 Å². The van der Waals surface area contributed by atoms with Crippen LogP contribution in [0.4, 0.5) is 0 Å². The van der Waals surface area contributed by atoms with E-state index in [0.29, 0.717) is 38.7 Å². The van der Waals surface area contributed by atoms with E-state index in [1.54, 1.807) is 18.6 Å². The van der Waals surface area contributed by atoms with E-state index in [1.165, 1.54) is 11.3 Å². The third kappa shape index (κ3) is 6.60. The largest absolute Gasteiger partial charge is 0.493 e. The van der Waals surface area contributed by atoms with Gasteiger partial charge >= 0.3 is 5.97 Å². The van der Waals surface area contributed by atoms with Gasteiger partial charge in [-0.25, -0.2) is 9.79 Å². The number of nitrogens with zero attached hydrogens (tertiary/aromatic N) is 2. The summed E-state index contributed by atoms with van der Waals surface area (Å²) >= 11 is 6.96. The summed E-state index contributed by atoms with van der Waals surface area (Å²) in [5, 5.41) is 0. The van der Waals surface area contributed by atoms with E-state index in [9.17, 15) is 9.59 Å². The Hall–Kier alpha value is -4.00. The standard InChI is InChI=1S/C36H28BrIN2O5S/c1-3-44-35(42)30-31(24-10-6-4-7-11-24)39-36-40(32(30)25-12-8-5-9-13-25)34(41)29(46-36)20-23-18-27(38)33(28(19-23)43-2)45-21-22-14-16-26(37)17-15-22/h4-20,32H,3,21H2,1-2H3/b29-20-/t32-/m0/s1. The Morgan fingerprint density at radius 2 is 1.72 bits per heavy atom. The van der Waals surface area contributed by atoms with Crippen LogP contribution >= 0.6 is 49.9 Å². The van der Waals surface area contributed by atoms with Crippen molar-refractivity contribution in [3.05, 3.63) is 153 Å². The second kappa shape index (κ2) is 14.2. The number of halogens is 2. The number of thiazole rings is 1. The topological polar surface area (TPSA) is 79.1 Å². The molecule has 7 nitrogen and oxygen atoms in total. The Bertz CT molecular complexity index is 2110. The predicted molar refractivity (Wildman–Crippen MR) is 192 cm³/mol. The molecule has 0 saturated carbocycles. The second-order valence-electron chi connectivity index (χ2n) is 10.3. The summed E-state index contributed by atoms with van der Waals surface area (Å²) in [5.74, 6) is 0.674. The highest BCUT2D eigenvalue weighted by molar-refractivity contribution is 14.1. The summed E-state index contributed by atoms with van der Waals surface area (Å²) in [7, 11) is 1.59. The molecule has 1 atom stereocenters. The van der Waals surface area contributed by atoms with Gasteiger partial charge in [-0.2, -0.15) is 0 Å². The van der Waals surface area contributed by atoms with Crippen LogP contribution in [-0.4, -0.2) is 24.3 Å². The molecule has 10 heteroatoms. The van der Waals surface area contributed by atoms with Crippen molar-refractivity contribution in [1.29, 1.82) is 0 Å². The fourth-order valence-electron chi connectivity index (χ4n) is 5.24. The molecule has 0 aliphatic carbocycles. The summed E-state index contributed by atoms with van der Waals surface area (Å²) in [4.78, 5) is 33.2. The van der Waals surface area contributed by atoms with Gasteiger partial charge in [-0.1, -0.05) is 100 Å². The molecule has 2 heterocycles. The third-order valence-corrected chi connectivity index (χ3v) is 9.65. The lowest BCUT2D eigenvalue weighted by Gasteiger charge is -2.25. The molecule has 4 aromatic carbocycles. The van der Waals surface area contributed by atoms with Crippen molar-refractivity contribution in [2.24, 2.45) is 4.99 Å². The first kappa shape index (κ1) is 32.0. The number of methoxy groups -OCH3 is 1. The molecule has 5 aromatic rings. The Balaban J connectivity index is 1.48. The molecule has 232 valence electrons.